The van der Waals surface area contributed by atoms with Gasteiger partial charge in [0.05, 0.1) is 6.20 Å². The molecule has 0 spiro atoms. The van der Waals surface area contributed by atoms with Gasteiger partial charge in [0.1, 0.15) is 11.8 Å². The molecule has 2 heterocycles. The Morgan fingerprint density at radius 3 is 2.42 bits per heavy atom. The topological polar surface area (TPSA) is 51.6 Å². The Bertz CT molecular complexity index is 289. The van der Waals surface area contributed by atoms with Crippen LogP contribution in [-0.2, 0) is 0 Å². The predicted molar refractivity (Wildman–Crippen MR) is 46.6 cm³/mol. The smallest absolute Gasteiger partial charge is 0.181 e. The maximum Gasteiger partial charge on any atom is 0.181 e. The SMILES string of the molecule is [K].[K].c1cnc2ncncc2n1. The average Bonchev–Trinajstić information content (AvgIpc) is 2.05. The zero-order chi connectivity index (χ0) is 6.81. The second kappa shape index (κ2) is 7.05. The fraction of sp³-hybridized carbons (Fsp3) is 0. The summed E-state index contributed by atoms with van der Waals surface area (Å²) >= 11 is 0. The number of nitrogens with zero attached hydrogens (tertiary/aromatic N) is 4. The van der Waals surface area contributed by atoms with E-state index in [1.165, 1.54) is 6.33 Å². The molecule has 0 aliphatic rings. The first-order chi connectivity index (χ1) is 4.97. The van der Waals surface area contributed by atoms with Gasteiger partial charge in [-0.3, -0.25) is 0 Å². The van der Waals surface area contributed by atoms with Crippen molar-refractivity contribution in [2.24, 2.45) is 0 Å². The zero-order valence-corrected chi connectivity index (χ0v) is 13.3. The minimum Gasteiger partial charge on any atom is -0.250 e. The Morgan fingerprint density at radius 2 is 1.67 bits per heavy atom. The molecule has 2 aromatic rings. The van der Waals surface area contributed by atoms with Crippen molar-refractivity contribution in [2.45, 2.75) is 0 Å². The van der Waals surface area contributed by atoms with Gasteiger partial charge >= 0.3 is 0 Å². The molecule has 0 atom stereocenters. The fourth-order valence-corrected chi connectivity index (χ4v) is 0.724. The van der Waals surface area contributed by atoms with E-state index < -0.39 is 0 Å². The molecule has 0 saturated heterocycles. The van der Waals surface area contributed by atoms with Crippen LogP contribution in [0.1, 0.15) is 0 Å². The van der Waals surface area contributed by atoms with Crippen LogP contribution in [0.5, 0.6) is 0 Å². The van der Waals surface area contributed by atoms with Crippen LogP contribution >= 0.6 is 0 Å². The number of fused-ring (bicyclic) bond motifs is 1. The molecule has 0 fully saturated rings. The number of aromatic nitrogens is 4. The summed E-state index contributed by atoms with van der Waals surface area (Å²) in [6.07, 6.45) is 6.31. The van der Waals surface area contributed by atoms with E-state index in [2.05, 4.69) is 19.9 Å². The van der Waals surface area contributed by atoms with Gasteiger partial charge in [0.15, 0.2) is 5.65 Å². The summed E-state index contributed by atoms with van der Waals surface area (Å²) in [5.74, 6) is 0. The summed E-state index contributed by atoms with van der Waals surface area (Å²) in [5, 5.41) is 0. The zero-order valence-electron chi connectivity index (χ0n) is 7.10. The van der Waals surface area contributed by atoms with Crippen LogP contribution in [0.4, 0.5) is 0 Å². The molecule has 2 rings (SSSR count). The van der Waals surface area contributed by atoms with E-state index in [9.17, 15) is 0 Å². The van der Waals surface area contributed by atoms with Gasteiger partial charge < -0.3 is 0 Å². The van der Waals surface area contributed by atoms with E-state index in [4.69, 9.17) is 0 Å². The maximum atomic E-state index is 3.99. The summed E-state index contributed by atoms with van der Waals surface area (Å²) in [6, 6.07) is 0. The van der Waals surface area contributed by atoms with E-state index >= 15 is 0 Å². The van der Waals surface area contributed by atoms with Gasteiger partial charge in [0.2, 0.25) is 0 Å². The van der Waals surface area contributed by atoms with Gasteiger partial charge in [0, 0.05) is 115 Å². The standard InChI is InChI=1S/C6H4N4.2K/c1-2-9-6-5(8-1)3-7-4-10-6;;/h1-4H;;. The average molecular weight is 210 g/mol. The van der Waals surface area contributed by atoms with Gasteiger partial charge in [-0.05, 0) is 0 Å². The van der Waals surface area contributed by atoms with Crippen molar-refractivity contribution in [1.82, 2.24) is 19.9 Å². The summed E-state index contributed by atoms with van der Waals surface area (Å²) in [5.41, 5.74) is 1.36. The van der Waals surface area contributed by atoms with Gasteiger partial charge in [-0.2, -0.15) is 0 Å². The third kappa shape index (κ3) is 3.45. The van der Waals surface area contributed by atoms with Crippen LogP contribution < -0.4 is 0 Å². The minimum atomic E-state index is 0. The molecule has 2 radical (unpaired) electrons. The normalized spacial score (nSPS) is 8.33. The van der Waals surface area contributed by atoms with Crippen LogP contribution in [0.3, 0.4) is 0 Å². The first kappa shape index (κ1) is 13.7. The molecule has 0 aromatic carbocycles. The van der Waals surface area contributed by atoms with Crippen molar-refractivity contribution < 1.29 is 0 Å². The van der Waals surface area contributed by atoms with Crippen molar-refractivity contribution in [3.8, 4) is 0 Å². The van der Waals surface area contributed by atoms with Crippen molar-refractivity contribution in [1.29, 1.82) is 0 Å². The van der Waals surface area contributed by atoms with E-state index in [1.54, 1.807) is 18.6 Å². The molecule has 0 saturated carbocycles. The molecular weight excluding hydrogens is 206 g/mol. The van der Waals surface area contributed by atoms with Crippen molar-refractivity contribution in [3.63, 3.8) is 0 Å². The third-order valence-electron chi connectivity index (χ3n) is 1.15. The second-order valence-corrected chi connectivity index (χ2v) is 1.79. The van der Waals surface area contributed by atoms with Gasteiger partial charge in [0.25, 0.3) is 0 Å². The molecule has 12 heavy (non-hydrogen) atoms. The molecular formula is C6H4K2N4. The largest absolute Gasteiger partial charge is 0.250 e. The molecule has 2 aromatic heterocycles. The number of hydrogen-bond donors (Lipinski definition) is 0. The van der Waals surface area contributed by atoms with E-state index in [0.29, 0.717) is 5.65 Å². The molecule has 6 heteroatoms. The third-order valence-corrected chi connectivity index (χ3v) is 1.15. The quantitative estimate of drug-likeness (QED) is 0.558. The summed E-state index contributed by atoms with van der Waals surface area (Å²) in [4.78, 5) is 15.7. The van der Waals surface area contributed by atoms with Gasteiger partial charge in [-0.1, -0.05) is 0 Å². The van der Waals surface area contributed by atoms with Crippen LogP contribution in [0, 0.1) is 0 Å². The van der Waals surface area contributed by atoms with E-state index in [0.717, 1.165) is 5.52 Å². The Hall–Kier alpha value is 1.69. The molecule has 0 unspecified atom stereocenters. The van der Waals surface area contributed by atoms with E-state index in [1.807, 2.05) is 0 Å². The van der Waals surface area contributed by atoms with Gasteiger partial charge in [-0.25, -0.2) is 19.9 Å². The Kier molecular flexibility index (Phi) is 8.04. The maximum absolute atomic E-state index is 3.99. The molecule has 50 valence electrons. The van der Waals surface area contributed by atoms with E-state index in [-0.39, 0.29) is 103 Å². The first-order valence-electron chi connectivity index (χ1n) is 2.83. The minimum absolute atomic E-state index is 0. The van der Waals surface area contributed by atoms with Crippen LogP contribution in [0.2, 0.25) is 0 Å². The molecule has 4 nitrogen and oxygen atoms in total. The van der Waals surface area contributed by atoms with Crippen LogP contribution in [-0.4, -0.2) is 123 Å². The Labute approximate surface area is 155 Å². The monoisotopic (exact) mass is 210 g/mol. The summed E-state index contributed by atoms with van der Waals surface area (Å²) in [6.45, 7) is 0. The molecule has 0 bridgehead atoms. The van der Waals surface area contributed by atoms with Crippen LogP contribution in [0.25, 0.3) is 11.2 Å². The second-order valence-electron chi connectivity index (χ2n) is 1.79. The van der Waals surface area contributed by atoms with Gasteiger partial charge in [-0.15, -0.1) is 0 Å². The predicted octanol–water partition coefficient (Wildman–Crippen LogP) is -0.342. The number of rotatable bonds is 0. The Balaban J connectivity index is 0.000000605. The van der Waals surface area contributed by atoms with Crippen molar-refractivity contribution in [3.05, 3.63) is 24.9 Å². The molecule has 0 N–H and O–H groups in total. The van der Waals surface area contributed by atoms with Crippen molar-refractivity contribution in [2.75, 3.05) is 0 Å². The molecule has 0 aliphatic heterocycles. The summed E-state index contributed by atoms with van der Waals surface area (Å²) < 4.78 is 0. The molecule has 0 aliphatic carbocycles. The van der Waals surface area contributed by atoms with Crippen LogP contribution in [0.15, 0.2) is 24.9 Å². The number of hydrogen-bond acceptors (Lipinski definition) is 4. The Morgan fingerprint density at radius 1 is 0.917 bits per heavy atom. The van der Waals surface area contributed by atoms with Crippen molar-refractivity contribution >= 4 is 114 Å². The molecule has 0 amide bonds. The fourth-order valence-electron chi connectivity index (χ4n) is 0.724. The first-order valence-corrected chi connectivity index (χ1v) is 2.83. The summed E-state index contributed by atoms with van der Waals surface area (Å²) in [7, 11) is 0.